The van der Waals surface area contributed by atoms with Gasteiger partial charge in [0.1, 0.15) is 12.1 Å². The van der Waals surface area contributed by atoms with Crippen LogP contribution in [0.3, 0.4) is 0 Å². The van der Waals surface area contributed by atoms with Crippen molar-refractivity contribution in [1.29, 1.82) is 0 Å². The summed E-state index contributed by atoms with van der Waals surface area (Å²) in [5.74, 6) is 0.629. The van der Waals surface area contributed by atoms with E-state index < -0.39 is 0 Å². The van der Waals surface area contributed by atoms with Crippen molar-refractivity contribution in [2.45, 2.75) is 26.1 Å². The zero-order valence-electron chi connectivity index (χ0n) is 10.8. The number of aromatic nitrogens is 3. The van der Waals surface area contributed by atoms with Crippen LogP contribution in [0.15, 0.2) is 24.5 Å². The van der Waals surface area contributed by atoms with Crippen LogP contribution in [0.2, 0.25) is 0 Å². The quantitative estimate of drug-likeness (QED) is 0.889. The molecule has 0 spiro atoms. The largest absolute Gasteiger partial charge is 0.360 e. The highest BCUT2D eigenvalue weighted by molar-refractivity contribution is 5.50. The Bertz CT molecular complexity index is 592. The van der Waals surface area contributed by atoms with E-state index in [-0.39, 0.29) is 11.9 Å². The van der Waals surface area contributed by atoms with Gasteiger partial charge in [0.15, 0.2) is 5.82 Å². The number of hydrogen-bond acceptors (Lipinski definition) is 4. The van der Waals surface area contributed by atoms with E-state index in [1.807, 2.05) is 22.5 Å². The fourth-order valence-corrected chi connectivity index (χ4v) is 2.33. The lowest BCUT2D eigenvalue weighted by molar-refractivity contribution is 0.543. The van der Waals surface area contributed by atoms with E-state index >= 15 is 0 Å². The van der Waals surface area contributed by atoms with E-state index in [2.05, 4.69) is 10.2 Å². The second kappa shape index (κ2) is 4.62. The van der Waals surface area contributed by atoms with E-state index in [4.69, 9.17) is 5.73 Å². The molecule has 1 aliphatic heterocycles. The molecule has 2 aromatic rings. The van der Waals surface area contributed by atoms with E-state index in [0.29, 0.717) is 12.2 Å². The van der Waals surface area contributed by atoms with Crippen molar-refractivity contribution in [2.24, 2.45) is 5.73 Å². The van der Waals surface area contributed by atoms with Crippen molar-refractivity contribution in [2.75, 3.05) is 11.4 Å². The minimum absolute atomic E-state index is 0.159. The Hall–Kier alpha value is -1.95. The Morgan fingerprint density at radius 3 is 2.95 bits per heavy atom. The van der Waals surface area contributed by atoms with Crippen molar-refractivity contribution < 1.29 is 4.39 Å². The molecule has 1 aromatic heterocycles. The molecule has 0 saturated carbocycles. The van der Waals surface area contributed by atoms with Gasteiger partial charge in [-0.1, -0.05) is 6.07 Å². The summed E-state index contributed by atoms with van der Waals surface area (Å²) in [7, 11) is 0. The molecule has 3 rings (SSSR count). The van der Waals surface area contributed by atoms with Gasteiger partial charge < -0.3 is 15.2 Å². The van der Waals surface area contributed by atoms with Gasteiger partial charge in [0.05, 0.1) is 12.2 Å². The molecule has 0 unspecified atom stereocenters. The Morgan fingerprint density at radius 2 is 2.21 bits per heavy atom. The lowest BCUT2D eigenvalue weighted by atomic mass is 10.1. The van der Waals surface area contributed by atoms with Crippen molar-refractivity contribution in [3.63, 3.8) is 0 Å². The van der Waals surface area contributed by atoms with Gasteiger partial charge >= 0.3 is 0 Å². The standard InChI is InChI=1S/C13H16FN5/c1-9(15)10-2-3-12(11(14)6-10)18-4-5-19-8-16-17-13(19)7-18/h2-3,6,8-9H,4-5,7,15H2,1H3/t9-/m1/s1. The molecule has 1 atom stereocenters. The number of anilines is 1. The van der Waals surface area contributed by atoms with Gasteiger partial charge in [-0.2, -0.15) is 0 Å². The maximum Gasteiger partial charge on any atom is 0.152 e. The molecule has 6 heteroatoms. The van der Waals surface area contributed by atoms with Crippen molar-refractivity contribution in [3.8, 4) is 0 Å². The van der Waals surface area contributed by atoms with Gasteiger partial charge in [-0.3, -0.25) is 0 Å². The summed E-state index contributed by atoms with van der Waals surface area (Å²) < 4.78 is 16.1. The molecule has 1 aliphatic rings. The van der Waals surface area contributed by atoms with Crippen LogP contribution in [0.4, 0.5) is 10.1 Å². The average molecular weight is 261 g/mol. The van der Waals surface area contributed by atoms with E-state index in [0.717, 1.165) is 24.5 Å². The zero-order chi connectivity index (χ0) is 13.4. The molecule has 19 heavy (non-hydrogen) atoms. The maximum absolute atomic E-state index is 14.2. The van der Waals surface area contributed by atoms with Gasteiger partial charge in [0, 0.05) is 19.1 Å². The van der Waals surface area contributed by atoms with Crippen LogP contribution < -0.4 is 10.6 Å². The summed E-state index contributed by atoms with van der Waals surface area (Å²) in [5.41, 5.74) is 7.16. The number of nitrogens with two attached hydrogens (primary N) is 1. The topological polar surface area (TPSA) is 60.0 Å². The number of nitrogens with zero attached hydrogens (tertiary/aromatic N) is 4. The summed E-state index contributed by atoms with van der Waals surface area (Å²) in [4.78, 5) is 1.98. The Morgan fingerprint density at radius 1 is 1.37 bits per heavy atom. The summed E-state index contributed by atoms with van der Waals surface area (Å²) >= 11 is 0. The van der Waals surface area contributed by atoms with Crippen LogP contribution in [0.5, 0.6) is 0 Å². The van der Waals surface area contributed by atoms with Gasteiger partial charge in [-0.25, -0.2) is 4.39 Å². The minimum atomic E-state index is -0.234. The molecule has 0 radical (unpaired) electrons. The normalized spacial score (nSPS) is 16.3. The first-order valence-corrected chi connectivity index (χ1v) is 6.32. The van der Waals surface area contributed by atoms with Crippen molar-refractivity contribution in [3.05, 3.63) is 41.7 Å². The third-order valence-corrected chi connectivity index (χ3v) is 3.48. The van der Waals surface area contributed by atoms with Crippen molar-refractivity contribution in [1.82, 2.24) is 14.8 Å². The number of fused-ring (bicyclic) bond motifs is 1. The molecule has 0 aliphatic carbocycles. The molecule has 0 saturated heterocycles. The number of hydrogen-bond donors (Lipinski definition) is 1. The first kappa shape index (κ1) is 12.1. The monoisotopic (exact) mass is 261 g/mol. The van der Waals surface area contributed by atoms with Crippen LogP contribution in [-0.2, 0) is 13.1 Å². The van der Waals surface area contributed by atoms with Crippen LogP contribution in [0.1, 0.15) is 24.4 Å². The highest BCUT2D eigenvalue weighted by atomic mass is 19.1. The average Bonchev–Trinajstić information content (AvgIpc) is 2.85. The molecule has 2 N–H and O–H groups in total. The SMILES string of the molecule is C[C@@H](N)c1ccc(N2CCn3cnnc3C2)c(F)c1. The molecule has 5 nitrogen and oxygen atoms in total. The number of rotatable bonds is 2. The van der Waals surface area contributed by atoms with Gasteiger partial charge in [0.25, 0.3) is 0 Å². The van der Waals surface area contributed by atoms with E-state index in [1.54, 1.807) is 12.4 Å². The predicted octanol–water partition coefficient (Wildman–Crippen LogP) is 1.46. The summed E-state index contributed by atoms with van der Waals surface area (Å²) in [5, 5.41) is 7.90. The Kier molecular flexibility index (Phi) is 2.94. The van der Waals surface area contributed by atoms with E-state index in [1.165, 1.54) is 6.07 Å². The van der Waals surface area contributed by atoms with E-state index in [9.17, 15) is 4.39 Å². The predicted molar refractivity (Wildman–Crippen MR) is 70.1 cm³/mol. The summed E-state index contributed by atoms with van der Waals surface area (Å²) in [6.45, 7) is 3.95. The highest BCUT2D eigenvalue weighted by Crippen LogP contribution is 2.25. The van der Waals surface area contributed by atoms with Crippen LogP contribution in [0, 0.1) is 5.82 Å². The second-order valence-electron chi connectivity index (χ2n) is 4.86. The van der Waals surface area contributed by atoms with Gasteiger partial charge in [-0.05, 0) is 24.6 Å². The van der Waals surface area contributed by atoms with Gasteiger partial charge in [0.2, 0.25) is 0 Å². The molecule has 0 amide bonds. The molecule has 1 aromatic carbocycles. The highest BCUT2D eigenvalue weighted by Gasteiger charge is 2.20. The first-order chi connectivity index (χ1) is 9.15. The first-order valence-electron chi connectivity index (χ1n) is 6.32. The minimum Gasteiger partial charge on any atom is -0.360 e. The molecule has 0 bridgehead atoms. The van der Waals surface area contributed by atoms with Gasteiger partial charge in [-0.15, -0.1) is 10.2 Å². The molecule has 0 fully saturated rings. The lowest BCUT2D eigenvalue weighted by Gasteiger charge is -2.29. The number of halogens is 1. The third kappa shape index (κ3) is 2.19. The Labute approximate surface area is 110 Å². The molecular formula is C13H16FN5. The zero-order valence-corrected chi connectivity index (χ0v) is 10.8. The lowest BCUT2D eigenvalue weighted by Crippen LogP contribution is -2.34. The van der Waals surface area contributed by atoms with Crippen molar-refractivity contribution >= 4 is 5.69 Å². The fraction of sp³-hybridized carbons (Fsp3) is 0.385. The summed E-state index contributed by atoms with van der Waals surface area (Å²) in [6, 6.07) is 5.02. The number of benzene rings is 1. The third-order valence-electron chi connectivity index (χ3n) is 3.48. The Balaban J connectivity index is 1.88. The fourth-order valence-electron chi connectivity index (χ4n) is 2.33. The maximum atomic E-state index is 14.2. The van der Waals surface area contributed by atoms with Crippen LogP contribution in [-0.4, -0.2) is 21.3 Å². The second-order valence-corrected chi connectivity index (χ2v) is 4.86. The smallest absolute Gasteiger partial charge is 0.152 e. The molecular weight excluding hydrogens is 245 g/mol. The van der Waals surface area contributed by atoms with Crippen LogP contribution in [0.25, 0.3) is 0 Å². The van der Waals surface area contributed by atoms with Crippen LogP contribution >= 0.6 is 0 Å². The summed E-state index contributed by atoms with van der Waals surface area (Å²) in [6.07, 6.45) is 1.71. The molecule has 100 valence electrons. The molecule has 2 heterocycles.